The first-order chi connectivity index (χ1) is 11.8. The molecule has 0 spiro atoms. The molecule has 0 radical (unpaired) electrons. The molecule has 0 aliphatic carbocycles. The van der Waals surface area contributed by atoms with Crippen molar-refractivity contribution in [1.29, 1.82) is 0 Å². The molecule has 1 aliphatic heterocycles. The van der Waals surface area contributed by atoms with Gasteiger partial charge in [-0.05, 0) is 19.8 Å². The summed E-state index contributed by atoms with van der Waals surface area (Å²) in [5.41, 5.74) is 0.948. The van der Waals surface area contributed by atoms with Gasteiger partial charge in [-0.1, -0.05) is 0 Å². The van der Waals surface area contributed by atoms with Crippen molar-refractivity contribution in [2.24, 2.45) is 5.92 Å². The zero-order valence-electron chi connectivity index (χ0n) is 13.5. The molecule has 4 heterocycles. The SMILES string of the molecule is Cc1cc(N2CCCC(COc3cnccn3)C2)n2ncnc2n1. The third kappa shape index (κ3) is 2.99. The van der Waals surface area contributed by atoms with E-state index in [4.69, 9.17) is 4.74 Å². The van der Waals surface area contributed by atoms with Crippen LogP contribution in [0.1, 0.15) is 18.5 Å². The standard InChI is InChI=1S/C16H19N7O/c1-12-7-15(23-16(21-12)19-11-20-23)22-6-2-3-13(9-22)10-24-14-8-17-4-5-18-14/h4-5,7-8,11,13H,2-3,6,9-10H2,1H3. The first-order valence-corrected chi connectivity index (χ1v) is 8.11. The fraction of sp³-hybridized carbons (Fsp3) is 0.438. The number of hydrogen-bond donors (Lipinski definition) is 0. The zero-order chi connectivity index (χ0) is 16.4. The minimum absolute atomic E-state index is 0.438. The van der Waals surface area contributed by atoms with Gasteiger partial charge >= 0.3 is 0 Å². The Bertz CT molecular complexity index is 820. The first kappa shape index (κ1) is 14.8. The number of rotatable bonds is 4. The molecule has 24 heavy (non-hydrogen) atoms. The van der Waals surface area contributed by atoms with E-state index >= 15 is 0 Å². The molecule has 1 atom stereocenters. The number of nitrogens with zero attached hydrogens (tertiary/aromatic N) is 7. The lowest BCUT2D eigenvalue weighted by atomic mass is 9.99. The number of anilines is 1. The summed E-state index contributed by atoms with van der Waals surface area (Å²) >= 11 is 0. The molecule has 4 rings (SSSR count). The molecule has 124 valence electrons. The Labute approximate surface area is 139 Å². The Morgan fingerprint density at radius 3 is 3.12 bits per heavy atom. The summed E-state index contributed by atoms with van der Waals surface area (Å²) in [5, 5.41) is 4.31. The van der Waals surface area contributed by atoms with Crippen LogP contribution in [0.5, 0.6) is 5.88 Å². The van der Waals surface area contributed by atoms with Gasteiger partial charge < -0.3 is 9.64 Å². The quantitative estimate of drug-likeness (QED) is 0.719. The van der Waals surface area contributed by atoms with Gasteiger partial charge in [-0.15, -0.1) is 0 Å². The van der Waals surface area contributed by atoms with E-state index < -0.39 is 0 Å². The predicted octanol–water partition coefficient (Wildman–Crippen LogP) is 1.52. The summed E-state index contributed by atoms with van der Waals surface area (Å²) in [6.07, 6.45) is 8.73. The number of piperidine rings is 1. The molecular formula is C16H19N7O. The molecular weight excluding hydrogens is 306 g/mol. The second-order valence-corrected chi connectivity index (χ2v) is 6.04. The highest BCUT2D eigenvalue weighted by atomic mass is 16.5. The molecule has 1 fully saturated rings. The van der Waals surface area contributed by atoms with E-state index in [9.17, 15) is 0 Å². The summed E-state index contributed by atoms with van der Waals surface area (Å²) in [6.45, 7) is 4.54. The van der Waals surface area contributed by atoms with Crippen LogP contribution in [-0.4, -0.2) is 49.2 Å². The minimum Gasteiger partial charge on any atom is -0.476 e. The van der Waals surface area contributed by atoms with Gasteiger partial charge in [-0.3, -0.25) is 4.98 Å². The number of ether oxygens (including phenoxy) is 1. The van der Waals surface area contributed by atoms with E-state index in [0.717, 1.165) is 37.4 Å². The van der Waals surface area contributed by atoms with Crippen LogP contribution >= 0.6 is 0 Å². The van der Waals surface area contributed by atoms with Crippen molar-refractivity contribution in [2.75, 3.05) is 24.6 Å². The Hall–Kier alpha value is -2.77. The molecule has 0 bridgehead atoms. The lowest BCUT2D eigenvalue weighted by Gasteiger charge is -2.34. The fourth-order valence-electron chi connectivity index (χ4n) is 3.11. The first-order valence-electron chi connectivity index (χ1n) is 8.11. The minimum atomic E-state index is 0.438. The molecule has 0 aromatic carbocycles. The van der Waals surface area contributed by atoms with E-state index in [1.165, 1.54) is 0 Å². The zero-order valence-corrected chi connectivity index (χ0v) is 13.5. The van der Waals surface area contributed by atoms with Crippen LogP contribution < -0.4 is 9.64 Å². The van der Waals surface area contributed by atoms with E-state index in [2.05, 4.69) is 36.0 Å². The normalized spacial score (nSPS) is 18.0. The summed E-state index contributed by atoms with van der Waals surface area (Å²) in [4.78, 5) is 19.1. The maximum Gasteiger partial charge on any atom is 0.254 e. The highest BCUT2D eigenvalue weighted by Gasteiger charge is 2.23. The van der Waals surface area contributed by atoms with Gasteiger partial charge in [0.1, 0.15) is 12.1 Å². The van der Waals surface area contributed by atoms with Crippen LogP contribution in [0.2, 0.25) is 0 Å². The molecule has 3 aromatic heterocycles. The summed E-state index contributed by atoms with van der Waals surface area (Å²) in [6, 6.07) is 2.06. The van der Waals surface area contributed by atoms with Crippen molar-refractivity contribution in [1.82, 2.24) is 29.5 Å². The fourth-order valence-corrected chi connectivity index (χ4v) is 3.11. The topological polar surface area (TPSA) is 81.3 Å². The van der Waals surface area contributed by atoms with E-state index in [-0.39, 0.29) is 0 Å². The van der Waals surface area contributed by atoms with Crippen molar-refractivity contribution in [2.45, 2.75) is 19.8 Å². The second kappa shape index (κ2) is 6.38. The number of hydrogen-bond acceptors (Lipinski definition) is 7. The van der Waals surface area contributed by atoms with Crippen LogP contribution in [0, 0.1) is 12.8 Å². The molecule has 8 heteroatoms. The van der Waals surface area contributed by atoms with Gasteiger partial charge in [0.05, 0.1) is 12.8 Å². The smallest absolute Gasteiger partial charge is 0.254 e. The molecule has 3 aromatic rings. The largest absolute Gasteiger partial charge is 0.476 e. The molecule has 0 saturated carbocycles. The third-order valence-corrected chi connectivity index (χ3v) is 4.21. The van der Waals surface area contributed by atoms with Crippen LogP contribution in [0.4, 0.5) is 5.82 Å². The van der Waals surface area contributed by atoms with Crippen molar-refractivity contribution < 1.29 is 4.74 Å². The molecule has 1 aliphatic rings. The third-order valence-electron chi connectivity index (χ3n) is 4.21. The Kier molecular flexibility index (Phi) is 3.94. The van der Waals surface area contributed by atoms with E-state index in [1.54, 1.807) is 29.4 Å². The maximum atomic E-state index is 5.78. The van der Waals surface area contributed by atoms with Crippen molar-refractivity contribution in [3.63, 3.8) is 0 Å². The van der Waals surface area contributed by atoms with Crippen molar-refractivity contribution in [3.05, 3.63) is 36.7 Å². The van der Waals surface area contributed by atoms with Gasteiger partial charge in [-0.2, -0.15) is 14.6 Å². The maximum absolute atomic E-state index is 5.78. The Balaban J connectivity index is 1.49. The van der Waals surface area contributed by atoms with E-state index in [1.807, 2.05) is 6.92 Å². The van der Waals surface area contributed by atoms with Crippen LogP contribution in [-0.2, 0) is 0 Å². The van der Waals surface area contributed by atoms with Crippen molar-refractivity contribution >= 4 is 11.6 Å². The number of aryl methyl sites for hydroxylation is 1. The van der Waals surface area contributed by atoms with Crippen LogP contribution in [0.3, 0.4) is 0 Å². The summed E-state index contributed by atoms with van der Waals surface area (Å²) in [7, 11) is 0. The molecule has 0 N–H and O–H groups in total. The average molecular weight is 325 g/mol. The second-order valence-electron chi connectivity index (χ2n) is 6.04. The van der Waals surface area contributed by atoms with Gasteiger partial charge in [0.2, 0.25) is 5.88 Å². The Morgan fingerprint density at radius 1 is 1.29 bits per heavy atom. The predicted molar refractivity (Wildman–Crippen MR) is 88.0 cm³/mol. The van der Waals surface area contributed by atoms with E-state index in [0.29, 0.717) is 24.2 Å². The highest BCUT2D eigenvalue weighted by Crippen LogP contribution is 2.24. The number of fused-ring (bicyclic) bond motifs is 1. The average Bonchev–Trinajstić information content (AvgIpc) is 3.08. The van der Waals surface area contributed by atoms with Crippen LogP contribution in [0.15, 0.2) is 31.0 Å². The summed E-state index contributed by atoms with van der Waals surface area (Å²) < 4.78 is 7.58. The molecule has 1 saturated heterocycles. The molecule has 0 amide bonds. The van der Waals surface area contributed by atoms with Crippen LogP contribution in [0.25, 0.3) is 5.78 Å². The molecule has 8 nitrogen and oxygen atoms in total. The lowest BCUT2D eigenvalue weighted by molar-refractivity contribution is 0.220. The monoisotopic (exact) mass is 325 g/mol. The van der Waals surface area contributed by atoms with Gasteiger partial charge in [0, 0.05) is 43.2 Å². The van der Waals surface area contributed by atoms with Gasteiger partial charge in [0.25, 0.3) is 5.78 Å². The Morgan fingerprint density at radius 2 is 2.25 bits per heavy atom. The van der Waals surface area contributed by atoms with Gasteiger partial charge in [-0.25, -0.2) is 9.97 Å². The lowest BCUT2D eigenvalue weighted by Crippen LogP contribution is -2.39. The molecule has 1 unspecified atom stereocenters. The number of aromatic nitrogens is 6. The van der Waals surface area contributed by atoms with Gasteiger partial charge in [0.15, 0.2) is 0 Å². The summed E-state index contributed by atoms with van der Waals surface area (Å²) in [5.74, 6) is 2.70. The van der Waals surface area contributed by atoms with Crippen molar-refractivity contribution in [3.8, 4) is 5.88 Å². The highest BCUT2D eigenvalue weighted by molar-refractivity contribution is 5.47.